The van der Waals surface area contributed by atoms with Gasteiger partial charge in [0, 0.05) is 52.2 Å². The van der Waals surface area contributed by atoms with Crippen LogP contribution in [0, 0.1) is 0 Å². The van der Waals surface area contributed by atoms with Crippen molar-refractivity contribution in [2.24, 2.45) is 0 Å². The Bertz CT molecular complexity index is 8.00. The second-order valence-corrected chi connectivity index (χ2v) is 0. The first kappa shape index (κ1) is 27.5. The van der Waals surface area contributed by atoms with Crippen molar-refractivity contribution in [2.75, 3.05) is 0 Å². The van der Waals surface area contributed by atoms with E-state index >= 15 is 0 Å². The number of hydrogen-bond donors (Lipinski definition) is 0. The third-order valence-electron chi connectivity index (χ3n) is 0. The van der Waals surface area contributed by atoms with E-state index in [1.165, 1.54) is 0 Å². The van der Waals surface area contributed by atoms with Crippen LogP contribution in [0.25, 0.3) is 0 Å². The van der Waals surface area contributed by atoms with E-state index in [4.69, 9.17) is 0 Å². The fourth-order valence-corrected chi connectivity index (χ4v) is 0. The Morgan fingerprint density at radius 1 is 1.00 bits per heavy atom. The van der Waals surface area contributed by atoms with E-state index in [1.54, 1.807) is 0 Å². The van der Waals surface area contributed by atoms with Gasteiger partial charge < -0.3 is 0 Å². The summed E-state index contributed by atoms with van der Waals surface area (Å²) < 4.78 is 0. The standard InChI is InChI=1S/Li.Mg.Y.Zn.3H. The Hall–Kier alpha value is 3.09. The molecule has 0 fully saturated rings. The van der Waals surface area contributed by atoms with Crippen molar-refractivity contribution in [2.45, 2.75) is 0 Å². The third-order valence-corrected chi connectivity index (χ3v) is 0. The Morgan fingerprint density at radius 2 is 1.00 bits per heavy atom. The normalized spacial score (nSPS) is 0. The van der Waals surface area contributed by atoms with Crippen LogP contribution in [0.15, 0.2) is 0 Å². The molecule has 0 aromatic carbocycles. The zero-order valence-corrected chi connectivity index (χ0v) is 7.09. The van der Waals surface area contributed by atoms with Crippen LogP contribution in [0.4, 0.5) is 0 Å². The second kappa shape index (κ2) is 16.5. The molecular weight excluding hydrogens is 186 g/mol. The molecule has 0 saturated heterocycles. The second-order valence-electron chi connectivity index (χ2n) is 0. The topological polar surface area (TPSA) is 0 Å². The predicted molar refractivity (Wildman–Crippen MR) is 15.7 cm³/mol. The van der Waals surface area contributed by atoms with Crippen LogP contribution >= 0.6 is 0 Å². The maximum Gasteiger partial charge on any atom is 0.316 e. The van der Waals surface area contributed by atoms with Crippen molar-refractivity contribution in [1.29, 1.82) is 0 Å². The van der Waals surface area contributed by atoms with Crippen LogP contribution in [0.3, 0.4) is 0 Å². The molecule has 0 aliphatic rings. The van der Waals surface area contributed by atoms with E-state index in [1.807, 2.05) is 0 Å². The summed E-state index contributed by atoms with van der Waals surface area (Å²) in [6.45, 7) is 0. The fourth-order valence-electron chi connectivity index (χ4n) is 0. The summed E-state index contributed by atoms with van der Waals surface area (Å²) in [6, 6.07) is 0. The molecule has 0 nitrogen and oxygen atoms in total. The molecule has 0 aliphatic carbocycles. The monoisotopic (exact) mass is 187 g/mol. The zero-order chi connectivity index (χ0) is 0. The van der Waals surface area contributed by atoms with Crippen LogP contribution in [-0.4, -0.2) is 41.9 Å². The van der Waals surface area contributed by atoms with Gasteiger partial charge in [-0.1, -0.05) is 0 Å². The molecule has 0 saturated carbocycles. The molecule has 0 unspecified atom stereocenters. The molecule has 4 heteroatoms. The van der Waals surface area contributed by atoms with E-state index in [9.17, 15) is 0 Å². The zero-order valence-electron chi connectivity index (χ0n) is 1.28. The fraction of sp³-hybridized carbons (Fsp3) is 0. The van der Waals surface area contributed by atoms with Gasteiger partial charge >= 0.3 is 41.9 Å². The van der Waals surface area contributed by atoms with E-state index in [0.29, 0.717) is 0 Å². The molecule has 0 aromatic rings. The Morgan fingerprint density at radius 3 is 1.00 bits per heavy atom. The van der Waals surface area contributed by atoms with Crippen LogP contribution in [0.5, 0.6) is 0 Å². The minimum Gasteiger partial charge on any atom is 0 e. The van der Waals surface area contributed by atoms with Gasteiger partial charge in [0.05, 0.1) is 0 Å². The summed E-state index contributed by atoms with van der Waals surface area (Å²) in [5.74, 6) is 0. The molecule has 0 rings (SSSR count). The molecule has 0 aliphatic heterocycles. The Labute approximate surface area is 92.2 Å². The number of hydrogen-bond acceptors (Lipinski definition) is 0. The van der Waals surface area contributed by atoms with Gasteiger partial charge in [-0.2, -0.15) is 0 Å². The SMILES string of the molecule is [LiH].[MgH2].[Y].[Zn]. The quantitative estimate of drug-likeness (QED) is 0.403. The van der Waals surface area contributed by atoms with E-state index in [0.717, 1.165) is 0 Å². The summed E-state index contributed by atoms with van der Waals surface area (Å²) in [7, 11) is 0. The van der Waals surface area contributed by atoms with Crippen molar-refractivity contribution in [3.05, 3.63) is 0 Å². The molecule has 0 spiro atoms. The van der Waals surface area contributed by atoms with E-state index < -0.39 is 0 Å². The molecule has 4 heavy (non-hydrogen) atoms. The Balaban J connectivity index is 0. The van der Waals surface area contributed by atoms with Crippen molar-refractivity contribution in [1.82, 2.24) is 0 Å². The van der Waals surface area contributed by atoms with Crippen LogP contribution < -0.4 is 0 Å². The molecule has 0 bridgehead atoms. The van der Waals surface area contributed by atoms with Gasteiger partial charge in [0.2, 0.25) is 0 Å². The largest absolute Gasteiger partial charge is 0.316 e. The van der Waals surface area contributed by atoms with E-state index in [-0.39, 0.29) is 94.1 Å². The van der Waals surface area contributed by atoms with Crippen LogP contribution in [0.1, 0.15) is 0 Å². The third kappa shape index (κ3) is 8.92. The maximum atomic E-state index is 0. The first-order valence-electron chi connectivity index (χ1n) is 0. The summed E-state index contributed by atoms with van der Waals surface area (Å²) >= 11 is 0. The predicted octanol–water partition coefficient (Wildman–Crippen LogP) is -1.57. The summed E-state index contributed by atoms with van der Waals surface area (Å²) in [4.78, 5) is 0. The summed E-state index contributed by atoms with van der Waals surface area (Å²) in [5.41, 5.74) is 0. The molecule has 11 valence electrons. The van der Waals surface area contributed by atoms with Gasteiger partial charge in [-0.3, -0.25) is 0 Å². The average molecular weight is 189 g/mol. The molecule has 1 radical (unpaired) electrons. The van der Waals surface area contributed by atoms with Crippen molar-refractivity contribution < 1.29 is 52.2 Å². The first-order valence-corrected chi connectivity index (χ1v) is 0. The van der Waals surface area contributed by atoms with Crippen LogP contribution in [-0.2, 0) is 52.2 Å². The van der Waals surface area contributed by atoms with Crippen molar-refractivity contribution in [3.63, 3.8) is 0 Å². The van der Waals surface area contributed by atoms with Gasteiger partial charge in [-0.15, -0.1) is 0 Å². The molecule has 0 N–H and O–H groups in total. The van der Waals surface area contributed by atoms with Gasteiger partial charge in [-0.05, 0) is 0 Å². The minimum absolute atomic E-state index is 0. The molecule has 0 aromatic heterocycles. The van der Waals surface area contributed by atoms with Gasteiger partial charge in [0.1, 0.15) is 0 Å². The molecule has 0 heterocycles. The summed E-state index contributed by atoms with van der Waals surface area (Å²) in [6.07, 6.45) is 0. The molecule has 0 amide bonds. The van der Waals surface area contributed by atoms with Gasteiger partial charge in [-0.25, -0.2) is 0 Å². The van der Waals surface area contributed by atoms with Gasteiger partial charge in [0.15, 0.2) is 0 Å². The van der Waals surface area contributed by atoms with Gasteiger partial charge in [0.25, 0.3) is 0 Å². The van der Waals surface area contributed by atoms with E-state index in [2.05, 4.69) is 0 Å². The minimum atomic E-state index is 0. The Kier molecular flexibility index (Phi) is 114. The van der Waals surface area contributed by atoms with Crippen molar-refractivity contribution >= 4 is 41.9 Å². The van der Waals surface area contributed by atoms with Crippen molar-refractivity contribution in [3.8, 4) is 0 Å². The molecule has 0 atom stereocenters. The smallest absolute Gasteiger partial charge is 0 e. The maximum absolute atomic E-state index is 0. The van der Waals surface area contributed by atoms with Crippen LogP contribution in [0.2, 0.25) is 0 Å². The molecular formula is H3LiMgYZn. The average Bonchev–Trinajstić information content (AvgIpc) is 0. The summed E-state index contributed by atoms with van der Waals surface area (Å²) in [5, 5.41) is 0. The first-order chi connectivity index (χ1) is 0. The number of rotatable bonds is 0.